The van der Waals surface area contributed by atoms with Crippen LogP contribution in [0.4, 0.5) is 5.69 Å². The molecule has 1 aromatic carbocycles. The molecule has 1 atom stereocenters. The molecule has 0 aliphatic carbocycles. The van der Waals surface area contributed by atoms with Gasteiger partial charge in [-0.25, -0.2) is 4.99 Å². The zero-order valence-corrected chi connectivity index (χ0v) is 14.7. The van der Waals surface area contributed by atoms with Gasteiger partial charge in [-0.05, 0) is 33.2 Å². The molecule has 0 amide bonds. The van der Waals surface area contributed by atoms with Gasteiger partial charge in [0.15, 0.2) is 0 Å². The summed E-state index contributed by atoms with van der Waals surface area (Å²) in [6.45, 7) is 2.75. The molecule has 0 bridgehead atoms. The van der Waals surface area contributed by atoms with Crippen molar-refractivity contribution in [2.45, 2.75) is 13.0 Å². The molecule has 6 heteroatoms. The zero-order valence-electron chi connectivity index (χ0n) is 13.1. The molecule has 1 aromatic rings. The third-order valence-electron chi connectivity index (χ3n) is 2.54. The molecule has 1 unspecified atom stereocenters. The van der Waals surface area contributed by atoms with Gasteiger partial charge in [0.1, 0.15) is 23.5 Å². The molecule has 0 aromatic heterocycles. The molecule has 0 heterocycles. The second kappa shape index (κ2) is 8.01. The van der Waals surface area contributed by atoms with Crippen LogP contribution in [-0.2, 0) is 0 Å². The second-order valence-corrected chi connectivity index (χ2v) is 6.22. The molecule has 0 radical (unpaired) electrons. The maximum absolute atomic E-state index is 9.41. The summed E-state index contributed by atoms with van der Waals surface area (Å²) >= 11 is 3.44. The maximum atomic E-state index is 9.41. The van der Waals surface area contributed by atoms with Gasteiger partial charge in [-0.1, -0.05) is 15.9 Å². The van der Waals surface area contributed by atoms with Gasteiger partial charge in [0.25, 0.3) is 0 Å². The van der Waals surface area contributed by atoms with Gasteiger partial charge in [-0.15, -0.1) is 0 Å². The monoisotopic (exact) mass is 352 g/mol. The maximum Gasteiger partial charge on any atom is 0.140 e. The first-order chi connectivity index (χ1) is 9.83. The van der Waals surface area contributed by atoms with E-state index in [0.29, 0.717) is 17.0 Å². The average Bonchev–Trinajstić information content (AvgIpc) is 2.34. The highest BCUT2D eigenvalue weighted by Gasteiger charge is 2.14. The van der Waals surface area contributed by atoms with E-state index >= 15 is 0 Å². The van der Waals surface area contributed by atoms with Gasteiger partial charge in [0.2, 0.25) is 0 Å². The number of benzene rings is 1. The summed E-state index contributed by atoms with van der Waals surface area (Å²) in [5.41, 5.74) is 1.04. The number of ether oxygens (including phenoxy) is 1. The van der Waals surface area contributed by atoms with Crippen LogP contribution in [0.3, 0.4) is 0 Å². The summed E-state index contributed by atoms with van der Waals surface area (Å²) in [7, 11) is 7.73. The summed E-state index contributed by atoms with van der Waals surface area (Å²) in [5, 5.41) is 9.41. The summed E-state index contributed by atoms with van der Waals surface area (Å²) in [4.78, 5) is 8.18. The van der Waals surface area contributed by atoms with E-state index < -0.39 is 0 Å². The third kappa shape index (κ3) is 5.74. The summed E-state index contributed by atoms with van der Waals surface area (Å²) in [5.74, 6) is 0.548. The molecule has 0 fully saturated rings. The summed E-state index contributed by atoms with van der Waals surface area (Å²) < 4.78 is 6.73. The molecular formula is C15H21BrN4O. The number of likely N-dealkylation sites (N-methyl/N-ethyl adjacent to an activating group) is 1. The second-order valence-electron chi connectivity index (χ2n) is 5.31. The predicted molar refractivity (Wildman–Crippen MR) is 89.3 cm³/mol. The first-order valence-electron chi connectivity index (χ1n) is 6.59. The van der Waals surface area contributed by atoms with Crippen LogP contribution in [0.2, 0.25) is 0 Å². The number of nitrogens with zero attached hydrogens (tertiary/aromatic N) is 4. The topological polar surface area (TPSA) is 51.9 Å². The standard InChI is InChI=1S/C15H21BrN4O/c1-11(9-19(2)3)21-15-7-12(16)6-14(13(15)8-17)18-10-20(4)5/h6-7,10-11H,9H2,1-5H3. The van der Waals surface area contributed by atoms with E-state index in [4.69, 9.17) is 4.74 Å². The molecule has 0 aliphatic rings. The SMILES string of the molecule is CC(CN(C)C)Oc1cc(Br)cc(N=CN(C)C)c1C#N. The molecule has 0 spiro atoms. The molecule has 0 saturated heterocycles. The minimum Gasteiger partial charge on any atom is -0.488 e. The molecule has 0 aliphatic heterocycles. The first-order valence-corrected chi connectivity index (χ1v) is 7.38. The number of rotatable bonds is 6. The highest BCUT2D eigenvalue weighted by atomic mass is 79.9. The number of hydrogen-bond donors (Lipinski definition) is 0. The van der Waals surface area contributed by atoms with Gasteiger partial charge in [0, 0.05) is 25.1 Å². The van der Waals surface area contributed by atoms with E-state index in [2.05, 4.69) is 27.0 Å². The van der Waals surface area contributed by atoms with Crippen molar-refractivity contribution in [3.8, 4) is 11.8 Å². The van der Waals surface area contributed by atoms with Crippen molar-refractivity contribution >= 4 is 28.0 Å². The van der Waals surface area contributed by atoms with Crippen molar-refractivity contribution in [3.63, 3.8) is 0 Å². The fourth-order valence-corrected chi connectivity index (χ4v) is 2.25. The largest absolute Gasteiger partial charge is 0.488 e. The van der Waals surface area contributed by atoms with Crippen molar-refractivity contribution in [3.05, 3.63) is 22.2 Å². The van der Waals surface area contributed by atoms with Gasteiger partial charge in [-0.2, -0.15) is 5.26 Å². The lowest BCUT2D eigenvalue weighted by molar-refractivity contribution is 0.176. The zero-order chi connectivity index (χ0) is 16.0. The lowest BCUT2D eigenvalue weighted by Crippen LogP contribution is -2.28. The van der Waals surface area contributed by atoms with Gasteiger partial charge >= 0.3 is 0 Å². The van der Waals surface area contributed by atoms with E-state index in [-0.39, 0.29) is 6.10 Å². The van der Waals surface area contributed by atoms with Crippen LogP contribution >= 0.6 is 15.9 Å². The van der Waals surface area contributed by atoms with Gasteiger partial charge in [-0.3, -0.25) is 0 Å². The quantitative estimate of drug-likeness (QED) is 0.583. The normalized spacial score (nSPS) is 12.5. The first kappa shape index (κ1) is 17.5. The molecule has 0 saturated carbocycles. The van der Waals surface area contributed by atoms with Crippen molar-refractivity contribution in [2.75, 3.05) is 34.7 Å². The highest BCUT2D eigenvalue weighted by molar-refractivity contribution is 9.10. The fraction of sp³-hybridized carbons (Fsp3) is 0.467. The van der Waals surface area contributed by atoms with Crippen molar-refractivity contribution in [1.29, 1.82) is 5.26 Å². The Balaban J connectivity index is 3.12. The lowest BCUT2D eigenvalue weighted by atomic mass is 10.1. The molecule has 1 rings (SSSR count). The Morgan fingerprint density at radius 1 is 1.38 bits per heavy atom. The van der Waals surface area contributed by atoms with Crippen molar-refractivity contribution in [2.24, 2.45) is 4.99 Å². The average molecular weight is 353 g/mol. The Morgan fingerprint density at radius 2 is 2.05 bits per heavy atom. The van der Waals surface area contributed by atoms with Crippen LogP contribution < -0.4 is 4.74 Å². The van der Waals surface area contributed by atoms with Crippen LogP contribution in [0.25, 0.3) is 0 Å². The van der Waals surface area contributed by atoms with E-state index in [1.165, 1.54) is 0 Å². The van der Waals surface area contributed by atoms with E-state index in [1.54, 1.807) is 12.4 Å². The molecule has 114 valence electrons. The molecule has 0 N–H and O–H groups in total. The Hall–Kier alpha value is -1.58. The van der Waals surface area contributed by atoms with Crippen molar-refractivity contribution in [1.82, 2.24) is 9.80 Å². The van der Waals surface area contributed by atoms with E-state index in [0.717, 1.165) is 11.0 Å². The van der Waals surface area contributed by atoms with Gasteiger partial charge < -0.3 is 14.5 Å². The van der Waals surface area contributed by atoms with Crippen LogP contribution in [0.1, 0.15) is 12.5 Å². The smallest absolute Gasteiger partial charge is 0.140 e. The fourth-order valence-electron chi connectivity index (χ4n) is 1.82. The Labute approximate surface area is 135 Å². The van der Waals surface area contributed by atoms with Crippen molar-refractivity contribution < 1.29 is 4.74 Å². The number of nitriles is 1. The van der Waals surface area contributed by atoms with E-state index in [9.17, 15) is 5.26 Å². The van der Waals surface area contributed by atoms with Crippen LogP contribution in [0, 0.1) is 11.3 Å². The summed E-state index contributed by atoms with van der Waals surface area (Å²) in [6, 6.07) is 5.79. The predicted octanol–water partition coefficient (Wildman–Crippen LogP) is 2.87. The number of aliphatic imine (C=N–C) groups is 1. The Kier molecular flexibility index (Phi) is 6.66. The highest BCUT2D eigenvalue weighted by Crippen LogP contribution is 2.33. The molecular weight excluding hydrogens is 332 g/mol. The van der Waals surface area contributed by atoms with Crippen LogP contribution in [0.5, 0.6) is 5.75 Å². The van der Waals surface area contributed by atoms with E-state index in [1.807, 2.05) is 51.0 Å². The van der Waals surface area contributed by atoms with Crippen LogP contribution in [0.15, 0.2) is 21.6 Å². The molecule has 5 nitrogen and oxygen atoms in total. The third-order valence-corrected chi connectivity index (χ3v) is 2.99. The minimum atomic E-state index is -0.0212. The summed E-state index contributed by atoms with van der Waals surface area (Å²) in [6.07, 6.45) is 1.64. The Morgan fingerprint density at radius 3 is 2.57 bits per heavy atom. The van der Waals surface area contributed by atoms with Gasteiger partial charge in [0.05, 0.1) is 12.0 Å². The minimum absolute atomic E-state index is 0.0212. The number of halogens is 1. The molecule has 21 heavy (non-hydrogen) atoms. The van der Waals surface area contributed by atoms with Crippen LogP contribution in [-0.4, -0.2) is 57.0 Å². The Bertz CT molecular complexity index is 549. The lowest BCUT2D eigenvalue weighted by Gasteiger charge is -2.20. The number of hydrogen-bond acceptors (Lipinski definition) is 4.